The molecule has 0 saturated carbocycles. The molecule has 0 fully saturated rings. The number of nitrogens with zero attached hydrogens (tertiary/aromatic N) is 2. The summed E-state index contributed by atoms with van der Waals surface area (Å²) in [5.41, 5.74) is 2.87. The van der Waals surface area contributed by atoms with E-state index in [9.17, 15) is 4.79 Å². The Morgan fingerprint density at radius 3 is 2.90 bits per heavy atom. The number of aromatic nitrogens is 2. The van der Waals surface area contributed by atoms with Crippen molar-refractivity contribution >= 4 is 23.2 Å². The molecule has 1 aromatic heterocycles. The zero-order valence-electron chi connectivity index (χ0n) is 12.2. The highest BCUT2D eigenvalue weighted by molar-refractivity contribution is 6.31. The molecule has 112 valence electrons. The van der Waals surface area contributed by atoms with E-state index in [2.05, 4.69) is 15.7 Å². The van der Waals surface area contributed by atoms with Gasteiger partial charge in [0.25, 0.3) is 0 Å². The first-order valence-electron chi connectivity index (χ1n) is 6.80. The second-order valence-corrected chi connectivity index (χ2v) is 5.32. The molecule has 1 aromatic carbocycles. The van der Waals surface area contributed by atoms with Gasteiger partial charge in [0.15, 0.2) is 0 Å². The van der Waals surface area contributed by atoms with Crippen LogP contribution in [0.5, 0.6) is 0 Å². The van der Waals surface area contributed by atoms with Gasteiger partial charge in [-0.05, 0) is 30.7 Å². The van der Waals surface area contributed by atoms with Gasteiger partial charge in [-0.1, -0.05) is 17.7 Å². The lowest BCUT2D eigenvalue weighted by Crippen LogP contribution is -2.30. The Balaban J connectivity index is 1.75. The highest BCUT2D eigenvalue weighted by Gasteiger charge is 2.05. The minimum atomic E-state index is -0.0784. The van der Waals surface area contributed by atoms with E-state index < -0.39 is 0 Å². The smallest absolute Gasteiger partial charge is 0.238 e. The van der Waals surface area contributed by atoms with Crippen LogP contribution < -0.4 is 10.6 Å². The number of aryl methyl sites for hydroxylation is 2. The summed E-state index contributed by atoms with van der Waals surface area (Å²) in [6, 6.07) is 7.41. The van der Waals surface area contributed by atoms with Crippen LogP contribution in [0.1, 0.15) is 11.3 Å². The van der Waals surface area contributed by atoms with Crippen molar-refractivity contribution in [2.24, 2.45) is 7.05 Å². The fourth-order valence-electron chi connectivity index (χ4n) is 1.99. The van der Waals surface area contributed by atoms with Gasteiger partial charge in [0.2, 0.25) is 5.91 Å². The molecular formula is C15H19ClN4O. The van der Waals surface area contributed by atoms with Gasteiger partial charge in [-0.25, -0.2) is 0 Å². The molecule has 0 bridgehead atoms. The lowest BCUT2D eigenvalue weighted by molar-refractivity contribution is -0.115. The normalized spacial score (nSPS) is 10.6. The Labute approximate surface area is 129 Å². The van der Waals surface area contributed by atoms with E-state index in [0.29, 0.717) is 5.02 Å². The largest absolute Gasteiger partial charge is 0.325 e. The van der Waals surface area contributed by atoms with Crippen molar-refractivity contribution in [3.8, 4) is 0 Å². The van der Waals surface area contributed by atoms with Crippen LogP contribution in [0.2, 0.25) is 5.02 Å². The maximum absolute atomic E-state index is 11.9. The quantitative estimate of drug-likeness (QED) is 0.804. The molecule has 5 nitrogen and oxygen atoms in total. The third kappa shape index (κ3) is 4.58. The molecule has 0 aliphatic rings. The topological polar surface area (TPSA) is 59.0 Å². The van der Waals surface area contributed by atoms with Gasteiger partial charge in [-0.3, -0.25) is 9.48 Å². The van der Waals surface area contributed by atoms with Crippen LogP contribution in [0.25, 0.3) is 0 Å². The first-order chi connectivity index (χ1) is 10.1. The summed E-state index contributed by atoms with van der Waals surface area (Å²) in [5.74, 6) is -0.0784. The van der Waals surface area contributed by atoms with Crippen molar-refractivity contribution in [3.05, 3.63) is 46.7 Å². The molecule has 0 radical (unpaired) electrons. The number of carbonyl (C=O) groups is 1. The second-order valence-electron chi connectivity index (χ2n) is 4.88. The van der Waals surface area contributed by atoms with Crippen LogP contribution >= 0.6 is 11.6 Å². The number of anilines is 1. The van der Waals surface area contributed by atoms with Crippen molar-refractivity contribution in [1.29, 1.82) is 0 Å². The SMILES string of the molecule is Cc1ccc(Cl)cc1NC(=O)CNCCc1ccnn1C. The molecular weight excluding hydrogens is 288 g/mol. The molecule has 2 rings (SSSR count). The van der Waals surface area contributed by atoms with Gasteiger partial charge >= 0.3 is 0 Å². The van der Waals surface area contributed by atoms with E-state index in [1.807, 2.05) is 30.8 Å². The molecule has 1 heterocycles. The van der Waals surface area contributed by atoms with Crippen LogP contribution in [0, 0.1) is 6.92 Å². The van der Waals surface area contributed by atoms with Gasteiger partial charge in [-0.2, -0.15) is 5.10 Å². The molecule has 0 atom stereocenters. The first kappa shape index (κ1) is 15.5. The van der Waals surface area contributed by atoms with Crippen LogP contribution in [0.4, 0.5) is 5.69 Å². The average Bonchev–Trinajstić information content (AvgIpc) is 2.84. The van der Waals surface area contributed by atoms with E-state index >= 15 is 0 Å². The second kappa shape index (κ2) is 7.24. The molecule has 0 aliphatic carbocycles. The lowest BCUT2D eigenvalue weighted by Gasteiger charge is -2.09. The fourth-order valence-corrected chi connectivity index (χ4v) is 2.16. The van der Waals surface area contributed by atoms with E-state index in [1.165, 1.54) is 0 Å². The van der Waals surface area contributed by atoms with Gasteiger partial charge < -0.3 is 10.6 Å². The Morgan fingerprint density at radius 1 is 1.38 bits per heavy atom. The fraction of sp³-hybridized carbons (Fsp3) is 0.333. The molecule has 6 heteroatoms. The van der Waals surface area contributed by atoms with Crippen molar-refractivity contribution in [2.45, 2.75) is 13.3 Å². The predicted octanol–water partition coefficient (Wildman–Crippen LogP) is 2.15. The summed E-state index contributed by atoms with van der Waals surface area (Å²) in [6.45, 7) is 2.92. The summed E-state index contributed by atoms with van der Waals surface area (Å²) >= 11 is 5.92. The number of hydrogen-bond donors (Lipinski definition) is 2. The zero-order valence-corrected chi connectivity index (χ0v) is 12.9. The van der Waals surface area contributed by atoms with Gasteiger partial charge in [0, 0.05) is 42.6 Å². The minimum absolute atomic E-state index is 0.0784. The first-order valence-corrected chi connectivity index (χ1v) is 7.17. The van der Waals surface area contributed by atoms with E-state index in [0.717, 1.165) is 29.9 Å². The van der Waals surface area contributed by atoms with Crippen LogP contribution in [0.15, 0.2) is 30.5 Å². The number of amides is 1. The maximum atomic E-state index is 11.9. The minimum Gasteiger partial charge on any atom is -0.325 e. The highest BCUT2D eigenvalue weighted by Crippen LogP contribution is 2.19. The number of benzene rings is 1. The van der Waals surface area contributed by atoms with Gasteiger partial charge in [0.05, 0.1) is 6.54 Å². The maximum Gasteiger partial charge on any atom is 0.238 e. The number of rotatable bonds is 6. The molecule has 0 spiro atoms. The standard InChI is InChI=1S/C15H19ClN4O/c1-11-3-4-12(16)9-14(11)19-15(21)10-17-7-5-13-6-8-18-20(13)2/h3-4,6,8-9,17H,5,7,10H2,1-2H3,(H,19,21). The van der Waals surface area contributed by atoms with E-state index in [4.69, 9.17) is 11.6 Å². The predicted molar refractivity (Wildman–Crippen MR) is 84.6 cm³/mol. The molecule has 0 unspecified atom stereocenters. The van der Waals surface area contributed by atoms with Crippen molar-refractivity contribution in [2.75, 3.05) is 18.4 Å². The molecule has 2 aromatic rings. The molecule has 0 aliphatic heterocycles. The van der Waals surface area contributed by atoms with Crippen molar-refractivity contribution in [1.82, 2.24) is 15.1 Å². The summed E-state index contributed by atoms with van der Waals surface area (Å²) in [7, 11) is 1.91. The molecule has 2 N–H and O–H groups in total. The highest BCUT2D eigenvalue weighted by atomic mass is 35.5. The molecule has 0 saturated heterocycles. The summed E-state index contributed by atoms with van der Waals surface area (Å²) in [4.78, 5) is 11.9. The Kier molecular flexibility index (Phi) is 5.36. The van der Waals surface area contributed by atoms with Gasteiger partial charge in [0.1, 0.15) is 0 Å². The summed E-state index contributed by atoms with van der Waals surface area (Å²) < 4.78 is 1.83. The van der Waals surface area contributed by atoms with Crippen molar-refractivity contribution in [3.63, 3.8) is 0 Å². The average molecular weight is 307 g/mol. The Bertz CT molecular complexity index is 624. The number of carbonyl (C=O) groups excluding carboxylic acids is 1. The van der Waals surface area contributed by atoms with Crippen LogP contribution in [0.3, 0.4) is 0 Å². The number of nitrogens with one attached hydrogen (secondary N) is 2. The molecule has 21 heavy (non-hydrogen) atoms. The monoisotopic (exact) mass is 306 g/mol. The van der Waals surface area contributed by atoms with Crippen LogP contribution in [-0.4, -0.2) is 28.8 Å². The summed E-state index contributed by atoms with van der Waals surface area (Å²) in [5, 5.41) is 10.7. The molecule has 1 amide bonds. The summed E-state index contributed by atoms with van der Waals surface area (Å²) in [6.07, 6.45) is 2.60. The third-order valence-electron chi connectivity index (χ3n) is 3.24. The lowest BCUT2D eigenvalue weighted by atomic mass is 10.2. The van der Waals surface area contributed by atoms with E-state index in [1.54, 1.807) is 18.3 Å². The third-order valence-corrected chi connectivity index (χ3v) is 3.47. The Morgan fingerprint density at radius 2 is 2.19 bits per heavy atom. The van der Waals surface area contributed by atoms with Gasteiger partial charge in [-0.15, -0.1) is 0 Å². The van der Waals surface area contributed by atoms with E-state index in [-0.39, 0.29) is 12.5 Å². The van der Waals surface area contributed by atoms with Crippen molar-refractivity contribution < 1.29 is 4.79 Å². The van der Waals surface area contributed by atoms with Crippen LogP contribution in [-0.2, 0) is 18.3 Å². The zero-order chi connectivity index (χ0) is 15.2. The number of hydrogen-bond acceptors (Lipinski definition) is 3. The number of halogens is 1. The Hall–Kier alpha value is -1.85.